The Morgan fingerprint density at radius 2 is 1.32 bits per heavy atom. The van der Waals surface area contributed by atoms with E-state index in [0.717, 1.165) is 11.3 Å². The number of allylic oxidation sites excluding steroid dienone is 4. The molecule has 0 spiro atoms. The van der Waals surface area contributed by atoms with Crippen LogP contribution >= 0.6 is 0 Å². The molecule has 1 aliphatic rings. The number of hydrogen-bond acceptors (Lipinski definition) is 1. The summed E-state index contributed by atoms with van der Waals surface area (Å²) in [5, 5.41) is 0.692. The quantitative estimate of drug-likeness (QED) is 0.260. The first kappa shape index (κ1) is 20.3. The van der Waals surface area contributed by atoms with Crippen LogP contribution < -0.4 is 4.98 Å². The number of benzene rings is 2. The molecule has 7 heteroatoms. The van der Waals surface area contributed by atoms with E-state index in [4.69, 9.17) is 0 Å². The van der Waals surface area contributed by atoms with Gasteiger partial charge < -0.3 is 4.98 Å². The van der Waals surface area contributed by atoms with Crippen LogP contribution in [0, 0.1) is 35.0 Å². The van der Waals surface area contributed by atoms with E-state index in [0.29, 0.717) is 5.20 Å². The lowest BCUT2D eigenvalue weighted by Crippen LogP contribution is -2.42. The molecule has 2 aromatic rings. The largest absolute Gasteiger partial charge is 0.407 e. The second-order valence-electron chi connectivity index (χ2n) is 7.50. The van der Waals surface area contributed by atoms with Crippen LogP contribution in [-0.2, 0) is 0 Å². The van der Waals surface area contributed by atoms with Crippen molar-refractivity contribution in [3.8, 4) is 0 Å². The zero-order valence-electron chi connectivity index (χ0n) is 15.9. The van der Waals surface area contributed by atoms with Gasteiger partial charge in [0.2, 0.25) is 5.82 Å². The maximum absolute atomic E-state index is 14.5. The van der Waals surface area contributed by atoms with E-state index in [2.05, 4.69) is 4.98 Å². The molecule has 3 rings (SSSR count). The molecule has 1 atom stereocenters. The lowest BCUT2D eigenvalue weighted by molar-refractivity contribution is 0.376. The van der Waals surface area contributed by atoms with Crippen molar-refractivity contribution < 1.29 is 22.0 Å². The highest BCUT2D eigenvalue weighted by Gasteiger charge is 2.39. The van der Waals surface area contributed by atoms with Crippen molar-refractivity contribution in [2.24, 2.45) is 5.92 Å². The predicted octanol–water partition coefficient (Wildman–Crippen LogP) is 6.59. The summed E-state index contributed by atoms with van der Waals surface area (Å²) in [4.78, 5) is 3.43. The third kappa shape index (κ3) is 3.28. The molecule has 0 aliphatic heterocycles. The van der Waals surface area contributed by atoms with Crippen molar-refractivity contribution in [3.63, 3.8) is 0 Å². The zero-order valence-corrected chi connectivity index (χ0v) is 16.9. The fraction of sp³-hybridized carbons (Fsp3) is 0.238. The summed E-state index contributed by atoms with van der Waals surface area (Å²) in [6.07, 6.45) is 1.53. The molecule has 0 bridgehead atoms. The SMILES string of the molecule is CC1=CC(c2c(F)c(F)c(F)c(F)c2F)=C([Si](C)(C)Nc2ccccc2)C1C. The summed E-state index contributed by atoms with van der Waals surface area (Å²) >= 11 is 0. The molecule has 0 heterocycles. The Hall–Kier alpha value is -2.41. The zero-order chi connectivity index (χ0) is 20.8. The first-order valence-corrected chi connectivity index (χ1v) is 11.8. The fourth-order valence-electron chi connectivity index (χ4n) is 3.77. The van der Waals surface area contributed by atoms with E-state index in [9.17, 15) is 22.0 Å². The number of rotatable bonds is 4. The molecule has 1 N–H and O–H groups in total. The van der Waals surface area contributed by atoms with Crippen LogP contribution in [0.4, 0.5) is 27.6 Å². The Kier molecular flexibility index (Phi) is 5.23. The van der Waals surface area contributed by atoms with Gasteiger partial charge in [0.15, 0.2) is 31.5 Å². The van der Waals surface area contributed by atoms with Crippen molar-refractivity contribution >= 4 is 19.5 Å². The molecule has 148 valence electrons. The van der Waals surface area contributed by atoms with Crippen LogP contribution in [0.3, 0.4) is 0 Å². The van der Waals surface area contributed by atoms with Gasteiger partial charge in [0.1, 0.15) is 0 Å². The highest BCUT2D eigenvalue weighted by Crippen LogP contribution is 2.44. The van der Waals surface area contributed by atoms with Crippen molar-refractivity contribution in [1.29, 1.82) is 0 Å². The van der Waals surface area contributed by atoms with Crippen molar-refractivity contribution in [1.82, 2.24) is 0 Å². The topological polar surface area (TPSA) is 12.0 Å². The second-order valence-corrected chi connectivity index (χ2v) is 11.5. The number of para-hydroxylation sites is 1. The average molecular weight is 409 g/mol. The van der Waals surface area contributed by atoms with Gasteiger partial charge in [-0.15, -0.1) is 0 Å². The van der Waals surface area contributed by atoms with Crippen molar-refractivity contribution in [3.05, 3.63) is 81.8 Å². The molecular weight excluding hydrogens is 389 g/mol. The Morgan fingerprint density at radius 3 is 1.86 bits per heavy atom. The fourth-order valence-corrected chi connectivity index (χ4v) is 6.97. The van der Waals surface area contributed by atoms with Gasteiger partial charge in [-0.3, -0.25) is 0 Å². The maximum atomic E-state index is 14.5. The van der Waals surface area contributed by atoms with Gasteiger partial charge in [0, 0.05) is 5.69 Å². The summed E-state index contributed by atoms with van der Waals surface area (Å²) < 4.78 is 70.1. The highest BCUT2D eigenvalue weighted by atomic mass is 28.3. The minimum atomic E-state index is -2.55. The number of anilines is 1. The third-order valence-electron chi connectivity index (χ3n) is 5.16. The molecule has 0 radical (unpaired) electrons. The van der Waals surface area contributed by atoms with E-state index in [1.54, 1.807) is 6.92 Å². The van der Waals surface area contributed by atoms with E-state index in [1.165, 1.54) is 6.08 Å². The van der Waals surface area contributed by atoms with Crippen LogP contribution in [-0.4, -0.2) is 8.24 Å². The highest BCUT2D eigenvalue weighted by molar-refractivity contribution is 6.88. The molecule has 1 unspecified atom stereocenters. The van der Waals surface area contributed by atoms with Gasteiger partial charge >= 0.3 is 0 Å². The van der Waals surface area contributed by atoms with E-state index in [1.807, 2.05) is 50.3 Å². The molecule has 28 heavy (non-hydrogen) atoms. The molecule has 1 nitrogen and oxygen atoms in total. The monoisotopic (exact) mass is 409 g/mol. The first-order valence-electron chi connectivity index (χ1n) is 8.84. The Balaban J connectivity index is 2.23. The molecule has 0 aromatic heterocycles. The lowest BCUT2D eigenvalue weighted by atomic mass is 10.0. The second kappa shape index (κ2) is 7.20. The van der Waals surface area contributed by atoms with Gasteiger partial charge in [-0.1, -0.05) is 36.8 Å². The van der Waals surface area contributed by atoms with Crippen LogP contribution in [0.2, 0.25) is 13.1 Å². The summed E-state index contributed by atoms with van der Waals surface area (Å²) in [6, 6.07) is 9.31. The van der Waals surface area contributed by atoms with Crippen molar-refractivity contribution in [2.75, 3.05) is 4.98 Å². The van der Waals surface area contributed by atoms with Gasteiger partial charge in [-0.2, -0.15) is 0 Å². The minimum absolute atomic E-state index is 0.0814. The van der Waals surface area contributed by atoms with E-state index in [-0.39, 0.29) is 11.5 Å². The third-order valence-corrected chi connectivity index (χ3v) is 8.12. The van der Waals surface area contributed by atoms with Crippen molar-refractivity contribution in [2.45, 2.75) is 26.9 Å². The van der Waals surface area contributed by atoms with E-state index >= 15 is 0 Å². The van der Waals surface area contributed by atoms with Crippen LogP contribution in [0.5, 0.6) is 0 Å². The molecule has 2 aromatic carbocycles. The maximum Gasteiger partial charge on any atom is 0.200 e. The molecule has 1 aliphatic carbocycles. The molecule has 0 saturated carbocycles. The summed E-state index contributed by atoms with van der Waals surface area (Å²) in [5.74, 6) is -9.78. The van der Waals surface area contributed by atoms with Crippen LogP contribution in [0.15, 0.2) is 47.2 Å². The van der Waals surface area contributed by atoms with Gasteiger partial charge in [0.25, 0.3) is 0 Å². The first-order chi connectivity index (χ1) is 13.1. The predicted molar refractivity (Wildman–Crippen MR) is 104 cm³/mol. The molecular formula is C21H20F5NSi. The Bertz CT molecular complexity index is 967. The lowest BCUT2D eigenvalue weighted by Gasteiger charge is -2.31. The Labute approximate surface area is 161 Å². The average Bonchev–Trinajstić information content (AvgIpc) is 2.94. The minimum Gasteiger partial charge on any atom is -0.407 e. The standard InChI is InChI=1S/C21H20F5NSi/c1-11-10-14(15-16(22)18(24)20(26)19(25)17(15)23)21(12(11)2)28(3,4)27-13-8-6-5-7-9-13/h5-10,12,27H,1-4H3. The number of halogens is 5. The molecule has 0 amide bonds. The molecule has 0 fully saturated rings. The van der Waals surface area contributed by atoms with Gasteiger partial charge in [-0.05, 0) is 48.8 Å². The normalized spacial score (nSPS) is 17.2. The summed E-state index contributed by atoms with van der Waals surface area (Å²) in [7, 11) is -2.55. The van der Waals surface area contributed by atoms with Crippen LogP contribution in [0.1, 0.15) is 19.4 Å². The smallest absolute Gasteiger partial charge is 0.200 e. The van der Waals surface area contributed by atoms with Crippen LogP contribution in [0.25, 0.3) is 5.57 Å². The van der Waals surface area contributed by atoms with Gasteiger partial charge in [0.05, 0.1) is 5.56 Å². The molecule has 0 saturated heterocycles. The number of hydrogen-bond donors (Lipinski definition) is 1. The number of nitrogens with one attached hydrogen (secondary N) is 1. The summed E-state index contributed by atoms with van der Waals surface area (Å²) in [6.45, 7) is 7.56. The van der Waals surface area contributed by atoms with E-state index < -0.39 is 42.9 Å². The Morgan fingerprint density at radius 1 is 0.821 bits per heavy atom. The summed E-state index contributed by atoms with van der Waals surface area (Å²) in [5.41, 5.74) is 0.869. The van der Waals surface area contributed by atoms with Gasteiger partial charge in [-0.25, -0.2) is 22.0 Å².